The van der Waals surface area contributed by atoms with Crippen molar-refractivity contribution in [2.45, 2.75) is 33.2 Å². The molecule has 96 valence electrons. The lowest BCUT2D eigenvalue weighted by Gasteiger charge is -2.07. The van der Waals surface area contributed by atoms with Crippen molar-refractivity contribution >= 4 is 0 Å². The Bertz CT molecular complexity index is 530. The van der Waals surface area contributed by atoms with Gasteiger partial charge in [-0.05, 0) is 38.9 Å². The van der Waals surface area contributed by atoms with Crippen LogP contribution in [0.3, 0.4) is 0 Å². The predicted octanol–water partition coefficient (Wildman–Crippen LogP) is 3.02. The minimum absolute atomic E-state index is 0.122. The van der Waals surface area contributed by atoms with Gasteiger partial charge in [0.2, 0.25) is 11.8 Å². The standard InChI is InChI=1S/C14H19N3O/c1-5-12(15-4)14-17-16-13(18-14)11-7-6-9(2)8-10(11)3/h6-8,12,15H,5H2,1-4H3. The summed E-state index contributed by atoms with van der Waals surface area (Å²) in [6, 6.07) is 6.33. The first-order valence-electron chi connectivity index (χ1n) is 6.24. The van der Waals surface area contributed by atoms with Crippen molar-refractivity contribution < 1.29 is 4.42 Å². The van der Waals surface area contributed by atoms with Gasteiger partial charge in [0.25, 0.3) is 0 Å². The topological polar surface area (TPSA) is 51.0 Å². The largest absolute Gasteiger partial charge is 0.419 e. The van der Waals surface area contributed by atoms with Gasteiger partial charge in [-0.3, -0.25) is 0 Å². The molecule has 2 rings (SSSR count). The van der Waals surface area contributed by atoms with E-state index in [1.165, 1.54) is 5.56 Å². The molecule has 0 aliphatic rings. The van der Waals surface area contributed by atoms with E-state index in [4.69, 9.17) is 4.42 Å². The average Bonchev–Trinajstić information content (AvgIpc) is 2.80. The summed E-state index contributed by atoms with van der Waals surface area (Å²) in [7, 11) is 1.90. The molecule has 1 heterocycles. The molecule has 1 aromatic carbocycles. The van der Waals surface area contributed by atoms with Crippen LogP contribution in [0.5, 0.6) is 0 Å². The number of benzene rings is 1. The van der Waals surface area contributed by atoms with Crippen molar-refractivity contribution in [1.82, 2.24) is 15.5 Å². The Morgan fingerprint density at radius 2 is 2.06 bits per heavy atom. The molecule has 0 radical (unpaired) electrons. The molecule has 0 spiro atoms. The third-order valence-corrected chi connectivity index (χ3v) is 3.11. The van der Waals surface area contributed by atoms with Gasteiger partial charge in [-0.15, -0.1) is 10.2 Å². The summed E-state index contributed by atoms with van der Waals surface area (Å²) in [5.41, 5.74) is 3.39. The van der Waals surface area contributed by atoms with E-state index in [2.05, 4.69) is 48.4 Å². The number of hydrogen-bond acceptors (Lipinski definition) is 4. The lowest BCUT2D eigenvalue weighted by Crippen LogP contribution is -2.15. The highest BCUT2D eigenvalue weighted by Crippen LogP contribution is 2.25. The van der Waals surface area contributed by atoms with Gasteiger partial charge in [-0.25, -0.2) is 0 Å². The molecule has 4 heteroatoms. The van der Waals surface area contributed by atoms with Gasteiger partial charge >= 0.3 is 0 Å². The van der Waals surface area contributed by atoms with Crippen LogP contribution in [0.15, 0.2) is 22.6 Å². The highest BCUT2D eigenvalue weighted by Gasteiger charge is 2.16. The van der Waals surface area contributed by atoms with Crippen LogP contribution in [0, 0.1) is 13.8 Å². The Labute approximate surface area is 107 Å². The number of rotatable bonds is 4. The number of hydrogen-bond donors (Lipinski definition) is 1. The Hall–Kier alpha value is -1.68. The molecule has 0 saturated carbocycles. The molecule has 18 heavy (non-hydrogen) atoms. The van der Waals surface area contributed by atoms with Crippen molar-refractivity contribution in [3.63, 3.8) is 0 Å². The lowest BCUT2D eigenvalue weighted by molar-refractivity contribution is 0.415. The molecule has 0 saturated heterocycles. The minimum atomic E-state index is 0.122. The maximum absolute atomic E-state index is 5.75. The van der Waals surface area contributed by atoms with E-state index in [0.29, 0.717) is 11.8 Å². The smallest absolute Gasteiger partial charge is 0.248 e. The van der Waals surface area contributed by atoms with Crippen LogP contribution in [0.1, 0.15) is 36.4 Å². The fourth-order valence-electron chi connectivity index (χ4n) is 2.04. The maximum atomic E-state index is 5.75. The van der Waals surface area contributed by atoms with Gasteiger partial charge in [0, 0.05) is 5.56 Å². The van der Waals surface area contributed by atoms with E-state index in [0.717, 1.165) is 17.5 Å². The first-order chi connectivity index (χ1) is 8.65. The summed E-state index contributed by atoms with van der Waals surface area (Å²) in [6.45, 7) is 6.22. The first-order valence-corrected chi connectivity index (χ1v) is 6.24. The van der Waals surface area contributed by atoms with Gasteiger partial charge in [-0.2, -0.15) is 0 Å². The minimum Gasteiger partial charge on any atom is -0.419 e. The van der Waals surface area contributed by atoms with Crippen LogP contribution in [-0.2, 0) is 0 Å². The Morgan fingerprint density at radius 3 is 2.67 bits per heavy atom. The number of nitrogens with zero attached hydrogens (tertiary/aromatic N) is 2. The number of aryl methyl sites for hydroxylation is 2. The fraction of sp³-hybridized carbons (Fsp3) is 0.429. The number of aromatic nitrogens is 2. The Kier molecular flexibility index (Phi) is 3.77. The molecule has 1 unspecified atom stereocenters. The SMILES string of the molecule is CCC(NC)c1nnc(-c2ccc(C)cc2C)o1. The monoisotopic (exact) mass is 245 g/mol. The molecule has 0 aliphatic heterocycles. The van der Waals surface area contributed by atoms with Crippen molar-refractivity contribution in [2.75, 3.05) is 7.05 Å². The zero-order valence-corrected chi connectivity index (χ0v) is 11.3. The Balaban J connectivity index is 2.34. The summed E-state index contributed by atoms with van der Waals surface area (Å²) in [5.74, 6) is 1.24. The highest BCUT2D eigenvalue weighted by atomic mass is 16.4. The second-order valence-corrected chi connectivity index (χ2v) is 4.51. The normalized spacial score (nSPS) is 12.7. The van der Waals surface area contributed by atoms with Crippen LogP contribution < -0.4 is 5.32 Å². The summed E-state index contributed by atoms with van der Waals surface area (Å²) in [6.07, 6.45) is 0.922. The second kappa shape index (κ2) is 5.31. The molecule has 0 fully saturated rings. The summed E-state index contributed by atoms with van der Waals surface area (Å²) in [5, 5.41) is 11.4. The molecular weight excluding hydrogens is 226 g/mol. The highest BCUT2D eigenvalue weighted by molar-refractivity contribution is 5.58. The van der Waals surface area contributed by atoms with Crippen molar-refractivity contribution in [2.24, 2.45) is 0 Å². The van der Waals surface area contributed by atoms with Crippen LogP contribution >= 0.6 is 0 Å². The molecule has 1 aromatic heterocycles. The van der Waals surface area contributed by atoms with Crippen molar-refractivity contribution in [3.8, 4) is 11.5 Å². The van der Waals surface area contributed by atoms with Crippen LogP contribution in [0.4, 0.5) is 0 Å². The van der Waals surface area contributed by atoms with Gasteiger partial charge in [-0.1, -0.05) is 24.6 Å². The van der Waals surface area contributed by atoms with E-state index in [1.54, 1.807) is 0 Å². The predicted molar refractivity (Wildman–Crippen MR) is 71.3 cm³/mol. The van der Waals surface area contributed by atoms with Gasteiger partial charge in [0.15, 0.2) is 0 Å². The molecule has 4 nitrogen and oxygen atoms in total. The van der Waals surface area contributed by atoms with Crippen molar-refractivity contribution in [3.05, 3.63) is 35.2 Å². The summed E-state index contributed by atoms with van der Waals surface area (Å²) < 4.78 is 5.75. The number of nitrogens with one attached hydrogen (secondary N) is 1. The summed E-state index contributed by atoms with van der Waals surface area (Å²) >= 11 is 0. The molecule has 2 aromatic rings. The molecule has 0 amide bonds. The molecule has 1 N–H and O–H groups in total. The van der Waals surface area contributed by atoms with Crippen molar-refractivity contribution in [1.29, 1.82) is 0 Å². The quantitative estimate of drug-likeness (QED) is 0.899. The lowest BCUT2D eigenvalue weighted by atomic mass is 10.1. The van der Waals surface area contributed by atoms with E-state index in [-0.39, 0.29) is 6.04 Å². The van der Waals surface area contributed by atoms with E-state index in [1.807, 2.05) is 13.1 Å². The van der Waals surface area contributed by atoms with Gasteiger partial charge < -0.3 is 9.73 Å². The van der Waals surface area contributed by atoms with Crippen LogP contribution in [-0.4, -0.2) is 17.2 Å². The molecular formula is C14H19N3O. The van der Waals surface area contributed by atoms with E-state index >= 15 is 0 Å². The van der Waals surface area contributed by atoms with Crippen LogP contribution in [0.2, 0.25) is 0 Å². The molecule has 0 aliphatic carbocycles. The maximum Gasteiger partial charge on any atom is 0.248 e. The first kappa shape index (κ1) is 12.8. The van der Waals surface area contributed by atoms with E-state index in [9.17, 15) is 0 Å². The van der Waals surface area contributed by atoms with Gasteiger partial charge in [0.05, 0.1) is 6.04 Å². The van der Waals surface area contributed by atoms with E-state index < -0.39 is 0 Å². The fourth-order valence-corrected chi connectivity index (χ4v) is 2.04. The molecule has 1 atom stereocenters. The zero-order chi connectivity index (χ0) is 13.1. The third kappa shape index (κ3) is 2.43. The Morgan fingerprint density at radius 1 is 1.28 bits per heavy atom. The molecule has 0 bridgehead atoms. The van der Waals surface area contributed by atoms with Gasteiger partial charge in [0.1, 0.15) is 0 Å². The zero-order valence-electron chi connectivity index (χ0n) is 11.3. The third-order valence-electron chi connectivity index (χ3n) is 3.11. The second-order valence-electron chi connectivity index (χ2n) is 4.51. The average molecular weight is 245 g/mol. The summed E-state index contributed by atoms with van der Waals surface area (Å²) in [4.78, 5) is 0. The van der Waals surface area contributed by atoms with Crippen LogP contribution in [0.25, 0.3) is 11.5 Å².